The number of nitrogens with two attached hydrogens (primary N) is 1. The molecular weight excluding hydrogens is 176 g/mol. The Labute approximate surface area is 84.1 Å². The SMILES string of the molecule is CN1Cc2cc(O)ccc2C(CN)C1. The summed E-state index contributed by atoms with van der Waals surface area (Å²) in [6.45, 7) is 2.58. The number of benzene rings is 1. The van der Waals surface area contributed by atoms with Crippen molar-refractivity contribution < 1.29 is 5.11 Å². The van der Waals surface area contributed by atoms with Crippen LogP contribution in [0.25, 0.3) is 0 Å². The van der Waals surface area contributed by atoms with Gasteiger partial charge in [-0.3, -0.25) is 0 Å². The first-order valence-electron chi connectivity index (χ1n) is 4.91. The molecule has 3 heteroatoms. The van der Waals surface area contributed by atoms with E-state index < -0.39 is 0 Å². The Bertz CT molecular complexity index is 338. The molecule has 3 nitrogen and oxygen atoms in total. The molecule has 14 heavy (non-hydrogen) atoms. The molecule has 1 unspecified atom stereocenters. The van der Waals surface area contributed by atoms with E-state index in [-0.39, 0.29) is 0 Å². The Morgan fingerprint density at radius 3 is 3.07 bits per heavy atom. The summed E-state index contributed by atoms with van der Waals surface area (Å²) in [6.07, 6.45) is 0. The van der Waals surface area contributed by atoms with Gasteiger partial charge in [-0.15, -0.1) is 0 Å². The highest BCUT2D eigenvalue weighted by molar-refractivity contribution is 5.38. The van der Waals surface area contributed by atoms with Crippen molar-refractivity contribution in [1.82, 2.24) is 4.90 Å². The molecule has 1 heterocycles. The predicted molar refractivity (Wildman–Crippen MR) is 56.2 cm³/mol. The average Bonchev–Trinajstić information content (AvgIpc) is 2.15. The molecule has 0 saturated heterocycles. The minimum atomic E-state index is 0.342. The second-order valence-electron chi connectivity index (χ2n) is 4.01. The first-order chi connectivity index (χ1) is 6.70. The quantitative estimate of drug-likeness (QED) is 0.694. The standard InChI is InChI=1S/C11H16N2O/c1-13-6-8-4-10(14)2-3-11(8)9(5-12)7-13/h2-4,9,14H,5-7,12H2,1H3. The van der Waals surface area contributed by atoms with E-state index in [9.17, 15) is 5.11 Å². The maximum atomic E-state index is 9.38. The highest BCUT2D eigenvalue weighted by atomic mass is 16.3. The highest BCUT2D eigenvalue weighted by Gasteiger charge is 2.22. The van der Waals surface area contributed by atoms with Gasteiger partial charge in [0.1, 0.15) is 5.75 Å². The van der Waals surface area contributed by atoms with Crippen molar-refractivity contribution in [2.24, 2.45) is 5.73 Å². The van der Waals surface area contributed by atoms with Crippen molar-refractivity contribution in [2.45, 2.75) is 12.5 Å². The fraction of sp³-hybridized carbons (Fsp3) is 0.455. The highest BCUT2D eigenvalue weighted by Crippen LogP contribution is 2.29. The average molecular weight is 192 g/mol. The van der Waals surface area contributed by atoms with Crippen LogP contribution < -0.4 is 5.73 Å². The summed E-state index contributed by atoms with van der Waals surface area (Å²) in [5.41, 5.74) is 8.23. The largest absolute Gasteiger partial charge is 0.508 e. The van der Waals surface area contributed by atoms with Crippen molar-refractivity contribution in [1.29, 1.82) is 0 Å². The van der Waals surface area contributed by atoms with Crippen molar-refractivity contribution >= 4 is 0 Å². The number of phenols is 1. The van der Waals surface area contributed by atoms with Gasteiger partial charge in [0, 0.05) is 25.6 Å². The number of rotatable bonds is 1. The first kappa shape index (κ1) is 9.49. The molecule has 1 atom stereocenters. The fourth-order valence-corrected chi connectivity index (χ4v) is 2.16. The lowest BCUT2D eigenvalue weighted by molar-refractivity contribution is 0.282. The number of likely N-dealkylation sites (N-methyl/N-ethyl adjacent to an activating group) is 1. The zero-order chi connectivity index (χ0) is 10.1. The Balaban J connectivity index is 2.40. The van der Waals surface area contributed by atoms with Gasteiger partial charge in [0.25, 0.3) is 0 Å². The van der Waals surface area contributed by atoms with Crippen LogP contribution in [0.3, 0.4) is 0 Å². The Hall–Kier alpha value is -1.06. The molecule has 0 amide bonds. The second kappa shape index (κ2) is 3.59. The smallest absolute Gasteiger partial charge is 0.115 e. The van der Waals surface area contributed by atoms with Gasteiger partial charge >= 0.3 is 0 Å². The zero-order valence-corrected chi connectivity index (χ0v) is 8.40. The van der Waals surface area contributed by atoms with Gasteiger partial charge in [-0.25, -0.2) is 0 Å². The molecule has 0 spiro atoms. The van der Waals surface area contributed by atoms with E-state index in [2.05, 4.69) is 11.9 Å². The number of fused-ring (bicyclic) bond motifs is 1. The number of hydrogen-bond acceptors (Lipinski definition) is 3. The second-order valence-corrected chi connectivity index (χ2v) is 4.01. The zero-order valence-electron chi connectivity index (χ0n) is 8.40. The van der Waals surface area contributed by atoms with E-state index in [4.69, 9.17) is 5.73 Å². The topological polar surface area (TPSA) is 49.5 Å². The summed E-state index contributed by atoms with van der Waals surface area (Å²) in [6, 6.07) is 5.58. The summed E-state index contributed by atoms with van der Waals surface area (Å²) in [7, 11) is 2.08. The predicted octanol–water partition coefficient (Wildman–Crippen LogP) is 0.880. The molecule has 0 bridgehead atoms. The van der Waals surface area contributed by atoms with Crippen molar-refractivity contribution in [3.05, 3.63) is 29.3 Å². The van der Waals surface area contributed by atoms with Crippen LogP contribution in [0.2, 0.25) is 0 Å². The van der Waals surface area contributed by atoms with E-state index in [0.717, 1.165) is 13.1 Å². The van der Waals surface area contributed by atoms with Gasteiger partial charge < -0.3 is 15.7 Å². The minimum absolute atomic E-state index is 0.342. The van der Waals surface area contributed by atoms with Crippen LogP contribution in [-0.2, 0) is 6.54 Å². The lowest BCUT2D eigenvalue weighted by atomic mass is 9.90. The van der Waals surface area contributed by atoms with Crippen LogP contribution >= 0.6 is 0 Å². The molecular formula is C11H16N2O. The van der Waals surface area contributed by atoms with Gasteiger partial charge in [0.15, 0.2) is 0 Å². The molecule has 0 fully saturated rings. The molecule has 0 aromatic heterocycles. The first-order valence-corrected chi connectivity index (χ1v) is 4.91. The van der Waals surface area contributed by atoms with E-state index in [1.807, 2.05) is 12.1 Å². The number of phenolic OH excluding ortho intramolecular Hbond substituents is 1. The third-order valence-corrected chi connectivity index (χ3v) is 2.82. The van der Waals surface area contributed by atoms with Crippen molar-refractivity contribution in [2.75, 3.05) is 20.1 Å². The lowest BCUT2D eigenvalue weighted by Gasteiger charge is -2.31. The van der Waals surface area contributed by atoms with Crippen LogP contribution in [0.5, 0.6) is 5.75 Å². The molecule has 1 aromatic carbocycles. The minimum Gasteiger partial charge on any atom is -0.508 e. The molecule has 1 aliphatic rings. The molecule has 76 valence electrons. The Morgan fingerprint density at radius 1 is 1.57 bits per heavy atom. The van der Waals surface area contributed by atoms with E-state index in [1.165, 1.54) is 11.1 Å². The van der Waals surface area contributed by atoms with Crippen LogP contribution in [0.4, 0.5) is 0 Å². The van der Waals surface area contributed by atoms with Gasteiger partial charge in [0.2, 0.25) is 0 Å². The summed E-state index contributed by atoms with van der Waals surface area (Å²) in [5.74, 6) is 0.749. The van der Waals surface area contributed by atoms with Crippen molar-refractivity contribution in [3.8, 4) is 5.75 Å². The summed E-state index contributed by atoms with van der Waals surface area (Å²) >= 11 is 0. The van der Waals surface area contributed by atoms with Crippen molar-refractivity contribution in [3.63, 3.8) is 0 Å². The molecule has 1 aliphatic heterocycles. The third-order valence-electron chi connectivity index (χ3n) is 2.82. The maximum Gasteiger partial charge on any atom is 0.115 e. The Kier molecular flexibility index (Phi) is 2.44. The fourth-order valence-electron chi connectivity index (χ4n) is 2.16. The van der Waals surface area contributed by atoms with E-state index >= 15 is 0 Å². The van der Waals surface area contributed by atoms with Gasteiger partial charge in [-0.2, -0.15) is 0 Å². The van der Waals surface area contributed by atoms with Gasteiger partial charge in [-0.1, -0.05) is 6.07 Å². The number of hydrogen-bond donors (Lipinski definition) is 2. The molecule has 2 rings (SSSR count). The summed E-state index contributed by atoms with van der Waals surface area (Å²) in [4.78, 5) is 2.24. The Morgan fingerprint density at radius 2 is 2.36 bits per heavy atom. The number of nitrogens with zero attached hydrogens (tertiary/aromatic N) is 1. The van der Waals surface area contributed by atoms with Crippen LogP contribution in [0, 0.1) is 0 Å². The van der Waals surface area contributed by atoms with E-state index in [1.54, 1.807) is 6.07 Å². The molecule has 1 aromatic rings. The monoisotopic (exact) mass is 192 g/mol. The summed E-state index contributed by atoms with van der Waals surface area (Å²) in [5, 5.41) is 9.38. The van der Waals surface area contributed by atoms with E-state index in [0.29, 0.717) is 18.2 Å². The maximum absolute atomic E-state index is 9.38. The van der Waals surface area contributed by atoms with Gasteiger partial charge in [0.05, 0.1) is 0 Å². The lowest BCUT2D eigenvalue weighted by Crippen LogP contribution is -2.33. The third kappa shape index (κ3) is 1.61. The molecule has 0 radical (unpaired) electrons. The summed E-state index contributed by atoms with van der Waals surface area (Å²) < 4.78 is 0. The molecule has 0 aliphatic carbocycles. The van der Waals surface area contributed by atoms with Crippen LogP contribution in [0.1, 0.15) is 17.0 Å². The van der Waals surface area contributed by atoms with Gasteiger partial charge in [-0.05, 0) is 30.3 Å². The van der Waals surface area contributed by atoms with Crippen LogP contribution in [-0.4, -0.2) is 30.1 Å². The number of aromatic hydroxyl groups is 1. The normalized spacial score (nSPS) is 22.0. The molecule has 0 saturated carbocycles. The molecule has 3 N–H and O–H groups in total. The van der Waals surface area contributed by atoms with Crippen LogP contribution in [0.15, 0.2) is 18.2 Å².